The lowest BCUT2D eigenvalue weighted by Gasteiger charge is -2.12. The van der Waals surface area contributed by atoms with Crippen molar-refractivity contribution in [2.24, 2.45) is 5.10 Å². The van der Waals surface area contributed by atoms with Gasteiger partial charge in [0.2, 0.25) is 0 Å². The van der Waals surface area contributed by atoms with Crippen molar-refractivity contribution < 1.29 is 19.2 Å². The molecule has 176 valence electrons. The Morgan fingerprint density at radius 3 is 2.57 bits per heavy atom. The first-order chi connectivity index (χ1) is 17.0. The number of fused-ring (bicyclic) bond motifs is 1. The molecule has 0 aliphatic carbocycles. The van der Waals surface area contributed by atoms with Gasteiger partial charge in [0.15, 0.2) is 6.61 Å². The maximum Gasteiger partial charge on any atom is 0.277 e. The largest absolute Gasteiger partial charge is 0.488 e. The van der Waals surface area contributed by atoms with Crippen LogP contribution < -0.4 is 14.9 Å². The molecule has 35 heavy (non-hydrogen) atoms. The molecule has 0 fully saturated rings. The minimum Gasteiger partial charge on any atom is -0.488 e. The van der Waals surface area contributed by atoms with Gasteiger partial charge in [-0.05, 0) is 46.7 Å². The fraction of sp³-hybridized carbons (Fsp3) is 0.0769. The van der Waals surface area contributed by atoms with Crippen LogP contribution in [0.1, 0.15) is 11.1 Å². The Kier molecular flexibility index (Phi) is 7.69. The molecule has 0 saturated heterocycles. The van der Waals surface area contributed by atoms with E-state index in [-0.39, 0.29) is 12.3 Å². The van der Waals surface area contributed by atoms with Gasteiger partial charge in [-0.25, -0.2) is 5.43 Å². The maximum absolute atomic E-state index is 12.2. The van der Waals surface area contributed by atoms with Crippen molar-refractivity contribution in [2.75, 3.05) is 6.61 Å². The number of non-ortho nitro benzene ring substituents is 1. The number of amides is 1. The summed E-state index contributed by atoms with van der Waals surface area (Å²) in [6, 6.07) is 25.0. The van der Waals surface area contributed by atoms with Gasteiger partial charge in [-0.3, -0.25) is 14.9 Å². The number of carbonyl (C=O) groups excluding carboxylic acids is 1. The van der Waals surface area contributed by atoms with Gasteiger partial charge < -0.3 is 9.47 Å². The van der Waals surface area contributed by atoms with E-state index in [1.807, 2.05) is 60.7 Å². The van der Waals surface area contributed by atoms with Crippen molar-refractivity contribution in [1.82, 2.24) is 5.43 Å². The number of hydrogen-bond acceptors (Lipinski definition) is 6. The molecule has 4 rings (SSSR count). The molecule has 0 aliphatic heterocycles. The number of nitrogens with zero attached hydrogens (tertiary/aromatic N) is 2. The first-order valence-corrected chi connectivity index (χ1v) is 11.4. The molecule has 0 radical (unpaired) electrons. The number of carbonyl (C=O) groups is 1. The number of rotatable bonds is 9. The van der Waals surface area contributed by atoms with Crippen LogP contribution in [-0.4, -0.2) is 23.7 Å². The smallest absolute Gasteiger partial charge is 0.277 e. The molecule has 0 aromatic heterocycles. The summed E-state index contributed by atoms with van der Waals surface area (Å²) in [5.41, 5.74) is 4.12. The molecular formula is C26H20BrN3O5. The van der Waals surface area contributed by atoms with Crippen LogP contribution in [0.4, 0.5) is 5.69 Å². The molecule has 0 aliphatic rings. The standard InChI is InChI=1S/C26H20BrN3O5/c27-20-6-3-4-18(14-20)16-35-25-13-8-19-5-1-2-7-23(19)24(25)15-28-29-26(31)17-34-22-11-9-21(10-12-22)30(32)33/h1-15H,16-17H2,(H,29,31)/b28-15-. The Morgan fingerprint density at radius 1 is 1.00 bits per heavy atom. The molecule has 0 unspecified atom stereocenters. The summed E-state index contributed by atoms with van der Waals surface area (Å²) in [6.45, 7) is 0.0744. The van der Waals surface area contributed by atoms with E-state index in [2.05, 4.69) is 26.5 Å². The highest BCUT2D eigenvalue weighted by atomic mass is 79.9. The molecule has 0 atom stereocenters. The van der Waals surface area contributed by atoms with Crippen molar-refractivity contribution in [1.29, 1.82) is 0 Å². The number of nitro groups is 1. The lowest BCUT2D eigenvalue weighted by atomic mass is 10.0. The van der Waals surface area contributed by atoms with E-state index < -0.39 is 10.8 Å². The van der Waals surface area contributed by atoms with Crippen molar-refractivity contribution in [2.45, 2.75) is 6.61 Å². The summed E-state index contributed by atoms with van der Waals surface area (Å²) < 4.78 is 12.4. The Bertz CT molecular complexity index is 1390. The molecule has 0 bridgehead atoms. The van der Waals surface area contributed by atoms with Gasteiger partial charge in [-0.15, -0.1) is 0 Å². The summed E-state index contributed by atoms with van der Waals surface area (Å²) in [5.74, 6) is 0.493. The second-order valence-electron chi connectivity index (χ2n) is 7.45. The number of ether oxygens (including phenoxy) is 2. The van der Waals surface area contributed by atoms with Crippen LogP contribution in [0.5, 0.6) is 11.5 Å². The van der Waals surface area contributed by atoms with Gasteiger partial charge in [-0.1, -0.05) is 58.4 Å². The minimum absolute atomic E-state index is 0.0561. The number of nitrogens with one attached hydrogen (secondary N) is 1. The van der Waals surface area contributed by atoms with Crippen LogP contribution in [0, 0.1) is 10.1 Å². The average molecular weight is 534 g/mol. The number of hydrogen-bond donors (Lipinski definition) is 1. The topological polar surface area (TPSA) is 103 Å². The normalized spacial score (nSPS) is 10.9. The monoisotopic (exact) mass is 533 g/mol. The fourth-order valence-electron chi connectivity index (χ4n) is 3.34. The number of nitro benzene ring substituents is 1. The van der Waals surface area contributed by atoms with E-state index >= 15 is 0 Å². The van der Waals surface area contributed by atoms with Crippen molar-refractivity contribution in [3.8, 4) is 11.5 Å². The Labute approximate surface area is 209 Å². The molecule has 1 N–H and O–H groups in total. The second-order valence-corrected chi connectivity index (χ2v) is 8.37. The Hall–Kier alpha value is -4.24. The fourth-order valence-corrected chi connectivity index (χ4v) is 3.78. The zero-order valence-corrected chi connectivity index (χ0v) is 20.0. The van der Waals surface area contributed by atoms with Crippen LogP contribution in [0.2, 0.25) is 0 Å². The highest BCUT2D eigenvalue weighted by Crippen LogP contribution is 2.27. The minimum atomic E-state index is -0.505. The van der Waals surface area contributed by atoms with Crippen molar-refractivity contribution in [3.63, 3.8) is 0 Å². The predicted molar refractivity (Wildman–Crippen MR) is 137 cm³/mol. The molecule has 8 nitrogen and oxygen atoms in total. The van der Waals surface area contributed by atoms with Crippen LogP contribution in [0.25, 0.3) is 10.8 Å². The summed E-state index contributed by atoms with van der Waals surface area (Å²) in [7, 11) is 0. The summed E-state index contributed by atoms with van der Waals surface area (Å²) >= 11 is 3.47. The lowest BCUT2D eigenvalue weighted by Crippen LogP contribution is -2.24. The second kappa shape index (κ2) is 11.3. The quantitative estimate of drug-likeness (QED) is 0.171. The van der Waals surface area contributed by atoms with Gasteiger partial charge in [-0.2, -0.15) is 5.10 Å². The summed E-state index contributed by atoms with van der Waals surface area (Å²) in [4.78, 5) is 22.4. The van der Waals surface area contributed by atoms with E-state index in [4.69, 9.17) is 9.47 Å². The molecular weight excluding hydrogens is 514 g/mol. The van der Waals surface area contributed by atoms with Gasteiger partial charge in [0, 0.05) is 22.2 Å². The van der Waals surface area contributed by atoms with Gasteiger partial charge in [0.05, 0.1) is 11.1 Å². The molecule has 1 amide bonds. The molecule has 9 heteroatoms. The Morgan fingerprint density at radius 2 is 1.80 bits per heavy atom. The molecule has 0 spiro atoms. The van der Waals surface area contributed by atoms with Gasteiger partial charge in [0.1, 0.15) is 18.1 Å². The van der Waals surface area contributed by atoms with Crippen molar-refractivity contribution in [3.05, 3.63) is 111 Å². The third-order valence-electron chi connectivity index (χ3n) is 5.01. The predicted octanol–water partition coefficient (Wildman–Crippen LogP) is 5.62. The van der Waals surface area contributed by atoms with Crippen LogP contribution in [0.15, 0.2) is 94.5 Å². The van der Waals surface area contributed by atoms with E-state index in [1.54, 1.807) is 6.21 Å². The third-order valence-corrected chi connectivity index (χ3v) is 5.51. The zero-order chi connectivity index (χ0) is 24.6. The lowest BCUT2D eigenvalue weighted by molar-refractivity contribution is -0.384. The molecule has 0 saturated carbocycles. The maximum atomic E-state index is 12.2. The average Bonchev–Trinajstić information content (AvgIpc) is 2.87. The highest BCUT2D eigenvalue weighted by Gasteiger charge is 2.09. The van der Waals surface area contributed by atoms with Crippen LogP contribution >= 0.6 is 15.9 Å². The summed E-state index contributed by atoms with van der Waals surface area (Å²) in [5, 5.41) is 16.8. The van der Waals surface area contributed by atoms with E-state index in [1.165, 1.54) is 24.3 Å². The first-order valence-electron chi connectivity index (χ1n) is 10.6. The van der Waals surface area contributed by atoms with Gasteiger partial charge >= 0.3 is 0 Å². The first kappa shape index (κ1) is 23.9. The van der Waals surface area contributed by atoms with Crippen molar-refractivity contribution >= 4 is 44.5 Å². The van der Waals surface area contributed by atoms with E-state index in [0.29, 0.717) is 18.1 Å². The molecule has 4 aromatic rings. The molecule has 4 aromatic carbocycles. The highest BCUT2D eigenvalue weighted by molar-refractivity contribution is 9.10. The number of halogens is 1. The zero-order valence-electron chi connectivity index (χ0n) is 18.4. The number of benzene rings is 4. The van der Waals surface area contributed by atoms with Crippen LogP contribution in [0.3, 0.4) is 0 Å². The van der Waals surface area contributed by atoms with Crippen LogP contribution in [-0.2, 0) is 11.4 Å². The SMILES string of the molecule is O=C(COc1ccc([N+](=O)[O-])cc1)N/N=C\c1c(OCc2cccc(Br)c2)ccc2ccccc12. The number of hydrazone groups is 1. The Balaban J connectivity index is 1.43. The summed E-state index contributed by atoms with van der Waals surface area (Å²) in [6.07, 6.45) is 1.54. The van der Waals surface area contributed by atoms with E-state index in [0.717, 1.165) is 26.4 Å². The molecule has 0 heterocycles. The van der Waals surface area contributed by atoms with E-state index in [9.17, 15) is 14.9 Å². The third kappa shape index (κ3) is 6.42. The van der Waals surface area contributed by atoms with Gasteiger partial charge in [0.25, 0.3) is 11.6 Å².